The van der Waals surface area contributed by atoms with Crippen molar-refractivity contribution < 1.29 is 14.3 Å². The largest absolute Gasteiger partial charge is 0.486 e. The zero-order valence-electron chi connectivity index (χ0n) is 13.2. The molecule has 1 amide bonds. The van der Waals surface area contributed by atoms with E-state index in [1.54, 1.807) is 18.2 Å². The molecule has 24 heavy (non-hydrogen) atoms. The van der Waals surface area contributed by atoms with Crippen molar-refractivity contribution in [3.63, 3.8) is 0 Å². The van der Waals surface area contributed by atoms with Gasteiger partial charge in [0.2, 0.25) is 0 Å². The van der Waals surface area contributed by atoms with Crippen molar-refractivity contribution in [3.8, 4) is 11.5 Å². The molecule has 0 bridgehead atoms. The van der Waals surface area contributed by atoms with Crippen LogP contribution in [0.5, 0.6) is 11.5 Å². The molecule has 6 heteroatoms. The first-order chi connectivity index (χ1) is 11.7. The van der Waals surface area contributed by atoms with Crippen LogP contribution in [0.3, 0.4) is 0 Å². The minimum atomic E-state index is -0.205. The lowest BCUT2D eigenvalue weighted by molar-refractivity contribution is 0.102. The minimum Gasteiger partial charge on any atom is -0.486 e. The fourth-order valence-corrected chi connectivity index (χ4v) is 3.61. The van der Waals surface area contributed by atoms with Gasteiger partial charge in [0.15, 0.2) is 16.6 Å². The van der Waals surface area contributed by atoms with Crippen molar-refractivity contribution in [2.75, 3.05) is 18.5 Å². The average molecular weight is 340 g/mol. The number of nitrogens with one attached hydrogen (secondary N) is 1. The average Bonchev–Trinajstić information content (AvgIpc) is 3.03. The SMILES string of the molecule is CCc1cccc2sc(NC(=O)c3ccc4c(c3)OCCO4)nc12. The molecule has 0 atom stereocenters. The van der Waals surface area contributed by atoms with E-state index in [0.717, 1.165) is 16.6 Å². The molecule has 122 valence electrons. The molecular weight excluding hydrogens is 324 g/mol. The molecule has 4 rings (SSSR count). The molecule has 0 radical (unpaired) electrons. The third-order valence-corrected chi connectivity index (χ3v) is 4.84. The third kappa shape index (κ3) is 2.69. The molecule has 0 spiro atoms. The molecule has 0 unspecified atom stereocenters. The summed E-state index contributed by atoms with van der Waals surface area (Å²) in [5.74, 6) is 1.07. The lowest BCUT2D eigenvalue weighted by Crippen LogP contribution is -2.17. The second-order valence-electron chi connectivity index (χ2n) is 5.45. The number of thiazole rings is 1. The lowest BCUT2D eigenvalue weighted by atomic mass is 10.1. The monoisotopic (exact) mass is 340 g/mol. The number of para-hydroxylation sites is 1. The summed E-state index contributed by atoms with van der Waals surface area (Å²) >= 11 is 1.48. The maximum absolute atomic E-state index is 12.5. The second-order valence-corrected chi connectivity index (χ2v) is 6.48. The van der Waals surface area contributed by atoms with E-state index in [1.807, 2.05) is 12.1 Å². The van der Waals surface area contributed by atoms with Gasteiger partial charge in [0.05, 0.1) is 10.2 Å². The van der Waals surface area contributed by atoms with Crippen molar-refractivity contribution in [1.29, 1.82) is 0 Å². The maximum Gasteiger partial charge on any atom is 0.257 e. The third-order valence-electron chi connectivity index (χ3n) is 3.91. The van der Waals surface area contributed by atoms with E-state index in [0.29, 0.717) is 35.4 Å². The maximum atomic E-state index is 12.5. The van der Waals surface area contributed by atoms with Crippen molar-refractivity contribution in [2.45, 2.75) is 13.3 Å². The Balaban J connectivity index is 1.60. The quantitative estimate of drug-likeness (QED) is 0.786. The number of ether oxygens (including phenoxy) is 2. The molecular formula is C18H16N2O3S. The number of aryl methyl sites for hydroxylation is 1. The molecule has 1 aliphatic rings. The van der Waals surface area contributed by atoms with E-state index in [2.05, 4.69) is 23.3 Å². The van der Waals surface area contributed by atoms with Crippen molar-refractivity contribution in [3.05, 3.63) is 47.5 Å². The highest BCUT2D eigenvalue weighted by Gasteiger charge is 2.16. The molecule has 2 heterocycles. The van der Waals surface area contributed by atoms with Gasteiger partial charge in [-0.1, -0.05) is 30.4 Å². The van der Waals surface area contributed by atoms with Gasteiger partial charge in [0, 0.05) is 5.56 Å². The van der Waals surface area contributed by atoms with Crippen LogP contribution in [0.25, 0.3) is 10.2 Å². The number of hydrogen-bond acceptors (Lipinski definition) is 5. The molecule has 5 nitrogen and oxygen atoms in total. The molecule has 3 aromatic rings. The van der Waals surface area contributed by atoms with E-state index in [4.69, 9.17) is 9.47 Å². The highest BCUT2D eigenvalue weighted by Crippen LogP contribution is 2.32. The van der Waals surface area contributed by atoms with Crippen LogP contribution in [-0.2, 0) is 6.42 Å². The summed E-state index contributed by atoms with van der Waals surface area (Å²) in [6, 6.07) is 11.3. The minimum absolute atomic E-state index is 0.205. The summed E-state index contributed by atoms with van der Waals surface area (Å²) in [5.41, 5.74) is 2.67. The summed E-state index contributed by atoms with van der Waals surface area (Å²) in [4.78, 5) is 17.1. The number of carbonyl (C=O) groups excluding carboxylic acids is 1. The normalized spacial score (nSPS) is 13.0. The van der Waals surface area contributed by atoms with Crippen LogP contribution in [0.2, 0.25) is 0 Å². The highest BCUT2D eigenvalue weighted by molar-refractivity contribution is 7.22. The van der Waals surface area contributed by atoms with Gasteiger partial charge in [-0.3, -0.25) is 10.1 Å². The zero-order valence-corrected chi connectivity index (χ0v) is 14.0. The van der Waals surface area contributed by atoms with Gasteiger partial charge in [0.25, 0.3) is 5.91 Å². The number of hydrogen-bond donors (Lipinski definition) is 1. The van der Waals surface area contributed by atoms with Gasteiger partial charge in [-0.25, -0.2) is 4.98 Å². The number of aromatic nitrogens is 1. The summed E-state index contributed by atoms with van der Waals surface area (Å²) in [6.07, 6.45) is 0.913. The number of amides is 1. The number of anilines is 1. The Morgan fingerprint density at radius 1 is 1.21 bits per heavy atom. The first-order valence-electron chi connectivity index (χ1n) is 7.84. The molecule has 1 aliphatic heterocycles. The molecule has 0 fully saturated rings. The van der Waals surface area contributed by atoms with Crippen LogP contribution >= 0.6 is 11.3 Å². The Kier molecular flexibility index (Phi) is 3.82. The summed E-state index contributed by atoms with van der Waals surface area (Å²) < 4.78 is 12.1. The fraction of sp³-hybridized carbons (Fsp3) is 0.222. The summed E-state index contributed by atoms with van der Waals surface area (Å²) in [5, 5.41) is 3.48. The summed E-state index contributed by atoms with van der Waals surface area (Å²) in [7, 11) is 0. The molecule has 1 N–H and O–H groups in total. The predicted octanol–water partition coefficient (Wildman–Crippen LogP) is 3.88. The standard InChI is InChI=1S/C18H16N2O3S/c1-2-11-4-3-5-15-16(11)19-18(24-15)20-17(21)12-6-7-13-14(10-12)23-9-8-22-13/h3-7,10H,2,8-9H2,1H3,(H,19,20,21). The predicted molar refractivity (Wildman–Crippen MR) is 94.4 cm³/mol. The van der Waals surface area contributed by atoms with E-state index < -0.39 is 0 Å². The van der Waals surface area contributed by atoms with Crippen LogP contribution in [0, 0.1) is 0 Å². The number of benzene rings is 2. The van der Waals surface area contributed by atoms with Gasteiger partial charge in [-0.05, 0) is 36.2 Å². The highest BCUT2D eigenvalue weighted by atomic mass is 32.1. The molecule has 0 saturated carbocycles. The van der Waals surface area contributed by atoms with Gasteiger partial charge in [-0.2, -0.15) is 0 Å². The van der Waals surface area contributed by atoms with Crippen LogP contribution in [-0.4, -0.2) is 24.1 Å². The van der Waals surface area contributed by atoms with Gasteiger partial charge in [-0.15, -0.1) is 0 Å². The Bertz CT molecular complexity index is 920. The molecule has 1 aromatic heterocycles. The number of rotatable bonds is 3. The molecule has 2 aromatic carbocycles. The van der Waals surface area contributed by atoms with Crippen LogP contribution in [0.15, 0.2) is 36.4 Å². The molecule has 0 saturated heterocycles. The summed E-state index contributed by atoms with van der Waals surface area (Å²) in [6.45, 7) is 3.13. The Morgan fingerprint density at radius 2 is 2.04 bits per heavy atom. The second kappa shape index (κ2) is 6.13. The van der Waals surface area contributed by atoms with Crippen LogP contribution in [0.4, 0.5) is 5.13 Å². The first-order valence-corrected chi connectivity index (χ1v) is 8.65. The van der Waals surface area contributed by atoms with E-state index >= 15 is 0 Å². The number of nitrogens with zero attached hydrogens (tertiary/aromatic N) is 1. The van der Waals surface area contributed by atoms with Gasteiger partial charge < -0.3 is 9.47 Å². The van der Waals surface area contributed by atoms with Crippen molar-refractivity contribution >= 4 is 32.6 Å². The van der Waals surface area contributed by atoms with E-state index in [-0.39, 0.29) is 5.91 Å². The van der Waals surface area contributed by atoms with E-state index in [1.165, 1.54) is 16.9 Å². The van der Waals surface area contributed by atoms with Gasteiger partial charge in [0.1, 0.15) is 13.2 Å². The Morgan fingerprint density at radius 3 is 2.88 bits per heavy atom. The molecule has 0 aliphatic carbocycles. The van der Waals surface area contributed by atoms with Gasteiger partial charge >= 0.3 is 0 Å². The van der Waals surface area contributed by atoms with Crippen LogP contribution in [0.1, 0.15) is 22.8 Å². The topological polar surface area (TPSA) is 60.5 Å². The fourth-order valence-electron chi connectivity index (χ4n) is 2.70. The first kappa shape index (κ1) is 15.0. The lowest BCUT2D eigenvalue weighted by Gasteiger charge is -2.18. The zero-order chi connectivity index (χ0) is 16.5. The van der Waals surface area contributed by atoms with Crippen LogP contribution < -0.4 is 14.8 Å². The Hall–Kier alpha value is -2.60. The smallest absolute Gasteiger partial charge is 0.257 e. The Labute approximate surface area is 143 Å². The number of fused-ring (bicyclic) bond motifs is 2. The van der Waals surface area contributed by atoms with Crippen molar-refractivity contribution in [1.82, 2.24) is 4.98 Å². The van der Waals surface area contributed by atoms with Crippen molar-refractivity contribution in [2.24, 2.45) is 0 Å². The van der Waals surface area contributed by atoms with E-state index in [9.17, 15) is 4.79 Å². The number of carbonyl (C=O) groups is 1.